The lowest BCUT2D eigenvalue weighted by Crippen LogP contribution is -2.43. The minimum Gasteiger partial charge on any atom is -0.489 e. The molecule has 158 valence electrons. The van der Waals surface area contributed by atoms with Crippen molar-refractivity contribution in [2.45, 2.75) is 38.5 Å². The molecule has 1 atom stereocenters. The Morgan fingerprint density at radius 3 is 2.50 bits per heavy atom. The predicted molar refractivity (Wildman–Crippen MR) is 106 cm³/mol. The zero-order valence-corrected chi connectivity index (χ0v) is 16.6. The molecule has 0 aliphatic carbocycles. The van der Waals surface area contributed by atoms with Crippen molar-refractivity contribution in [3.05, 3.63) is 30.3 Å². The summed E-state index contributed by atoms with van der Waals surface area (Å²) in [5.74, 6) is 1.99. The summed E-state index contributed by atoms with van der Waals surface area (Å²) >= 11 is 0. The van der Waals surface area contributed by atoms with Gasteiger partial charge < -0.3 is 15.4 Å². The Bertz CT molecular complexity index is 587. The highest BCUT2D eigenvalue weighted by atomic mass is 19.4. The maximum absolute atomic E-state index is 12.4. The second kappa shape index (κ2) is 11.1. The first-order valence-corrected chi connectivity index (χ1v) is 9.81. The molecule has 2 rings (SSSR count). The van der Waals surface area contributed by atoms with Gasteiger partial charge in [0.1, 0.15) is 11.9 Å². The van der Waals surface area contributed by atoms with Gasteiger partial charge in [0, 0.05) is 13.6 Å². The summed E-state index contributed by atoms with van der Waals surface area (Å²) in [6, 6.07) is 9.65. The molecule has 0 saturated carbocycles. The van der Waals surface area contributed by atoms with Crippen molar-refractivity contribution in [1.82, 2.24) is 15.5 Å². The summed E-state index contributed by atoms with van der Waals surface area (Å²) in [6.07, 6.45) is -1.57. The van der Waals surface area contributed by atoms with E-state index in [-0.39, 0.29) is 6.10 Å². The topological polar surface area (TPSA) is 48.9 Å². The molecule has 0 spiro atoms. The molecule has 1 heterocycles. The van der Waals surface area contributed by atoms with Crippen molar-refractivity contribution < 1.29 is 17.9 Å². The largest absolute Gasteiger partial charge is 0.489 e. The molecule has 1 unspecified atom stereocenters. The molecule has 28 heavy (non-hydrogen) atoms. The second-order valence-electron chi connectivity index (χ2n) is 7.24. The maximum atomic E-state index is 12.4. The number of nitrogens with zero attached hydrogens (tertiary/aromatic N) is 2. The fourth-order valence-corrected chi connectivity index (χ4v) is 3.32. The van der Waals surface area contributed by atoms with E-state index >= 15 is 0 Å². The van der Waals surface area contributed by atoms with Gasteiger partial charge in [-0.15, -0.1) is 0 Å². The Hall–Kier alpha value is -1.96. The third-order valence-corrected chi connectivity index (χ3v) is 4.82. The Morgan fingerprint density at radius 1 is 1.21 bits per heavy atom. The highest BCUT2D eigenvalue weighted by molar-refractivity contribution is 5.79. The number of halogens is 3. The molecular formula is C20H31F3N4O. The number of likely N-dealkylation sites (tertiary alicyclic amines) is 1. The Labute approximate surface area is 165 Å². The lowest BCUT2D eigenvalue weighted by Gasteiger charge is -2.32. The third-order valence-electron chi connectivity index (χ3n) is 4.82. The first kappa shape index (κ1) is 22.3. The quantitative estimate of drug-likeness (QED) is 0.519. The number of hydrogen-bond acceptors (Lipinski definition) is 3. The van der Waals surface area contributed by atoms with Gasteiger partial charge >= 0.3 is 6.18 Å². The number of rotatable bonds is 8. The van der Waals surface area contributed by atoms with Gasteiger partial charge in [-0.25, -0.2) is 0 Å². The zero-order chi connectivity index (χ0) is 20.4. The van der Waals surface area contributed by atoms with Gasteiger partial charge in [-0.1, -0.05) is 18.2 Å². The molecule has 0 aromatic heterocycles. The van der Waals surface area contributed by atoms with Crippen LogP contribution in [-0.2, 0) is 0 Å². The minimum atomic E-state index is -4.10. The second-order valence-corrected chi connectivity index (χ2v) is 7.24. The number of hydrogen-bond donors (Lipinski definition) is 2. The smallest absolute Gasteiger partial charge is 0.401 e. The van der Waals surface area contributed by atoms with Crippen molar-refractivity contribution in [3.63, 3.8) is 0 Å². The van der Waals surface area contributed by atoms with Crippen molar-refractivity contribution >= 4 is 5.96 Å². The highest BCUT2D eigenvalue weighted by Crippen LogP contribution is 2.23. The van der Waals surface area contributed by atoms with Crippen molar-refractivity contribution in [2.75, 3.05) is 39.8 Å². The molecule has 1 fully saturated rings. The maximum Gasteiger partial charge on any atom is 0.401 e. The molecule has 1 aromatic carbocycles. The first-order chi connectivity index (χ1) is 13.4. The number of guanidine groups is 1. The van der Waals surface area contributed by atoms with Crippen LogP contribution in [0.4, 0.5) is 13.2 Å². The Kier molecular flexibility index (Phi) is 8.89. The summed E-state index contributed by atoms with van der Waals surface area (Å²) in [5.41, 5.74) is 0. The predicted octanol–water partition coefficient (Wildman–Crippen LogP) is 3.28. The molecule has 1 aliphatic rings. The van der Waals surface area contributed by atoms with Crippen LogP contribution >= 0.6 is 0 Å². The van der Waals surface area contributed by atoms with Crippen LogP contribution in [0.2, 0.25) is 0 Å². The molecule has 2 N–H and O–H groups in total. The van der Waals surface area contributed by atoms with Gasteiger partial charge in [0.25, 0.3) is 0 Å². The van der Waals surface area contributed by atoms with Crippen molar-refractivity contribution in [2.24, 2.45) is 10.9 Å². The fourth-order valence-electron chi connectivity index (χ4n) is 3.32. The minimum absolute atomic E-state index is 0.0149. The molecule has 1 aliphatic heterocycles. The number of nitrogens with one attached hydrogen (secondary N) is 2. The van der Waals surface area contributed by atoms with E-state index < -0.39 is 12.7 Å². The average molecular weight is 400 g/mol. The summed E-state index contributed by atoms with van der Waals surface area (Å²) in [4.78, 5) is 5.71. The molecule has 0 radical (unpaired) electrons. The molecule has 0 bridgehead atoms. The van der Waals surface area contributed by atoms with Crippen LogP contribution in [0.5, 0.6) is 5.75 Å². The summed E-state index contributed by atoms with van der Waals surface area (Å²) in [5, 5.41) is 6.52. The van der Waals surface area contributed by atoms with Gasteiger partial charge in [0.05, 0.1) is 13.1 Å². The molecule has 1 saturated heterocycles. The lowest BCUT2D eigenvalue weighted by atomic mass is 9.93. The number of aliphatic imine (C=N–C) groups is 1. The van der Waals surface area contributed by atoms with Crippen LogP contribution in [0.25, 0.3) is 0 Å². The number of alkyl halides is 3. The normalized spacial score (nSPS) is 18.0. The number of piperidine rings is 1. The van der Waals surface area contributed by atoms with Gasteiger partial charge in [0.2, 0.25) is 0 Å². The van der Waals surface area contributed by atoms with Crippen molar-refractivity contribution in [3.8, 4) is 5.75 Å². The Morgan fingerprint density at radius 2 is 1.89 bits per heavy atom. The van der Waals surface area contributed by atoms with E-state index in [0.717, 1.165) is 31.6 Å². The number of para-hydroxylation sites is 1. The van der Waals surface area contributed by atoms with E-state index in [2.05, 4.69) is 15.6 Å². The van der Waals surface area contributed by atoms with Crippen LogP contribution in [-0.4, -0.2) is 62.9 Å². The van der Waals surface area contributed by atoms with Crippen LogP contribution in [0, 0.1) is 5.92 Å². The molecule has 8 heteroatoms. The number of ether oxygens (including phenoxy) is 1. The SMILES string of the molecule is CN=C(NCCC1CCN(CC(F)(F)F)CC1)NCC(C)Oc1ccccc1. The van der Waals surface area contributed by atoms with Crippen LogP contribution in [0.1, 0.15) is 26.2 Å². The molecule has 5 nitrogen and oxygen atoms in total. The highest BCUT2D eigenvalue weighted by Gasteiger charge is 2.32. The van der Waals surface area contributed by atoms with Gasteiger partial charge in [-0.2, -0.15) is 13.2 Å². The summed E-state index contributed by atoms with van der Waals surface area (Å²) in [7, 11) is 1.72. The number of benzene rings is 1. The van der Waals surface area contributed by atoms with Crippen molar-refractivity contribution in [1.29, 1.82) is 0 Å². The van der Waals surface area contributed by atoms with E-state index in [0.29, 0.717) is 31.5 Å². The summed E-state index contributed by atoms with van der Waals surface area (Å²) < 4.78 is 43.1. The van der Waals surface area contributed by atoms with Crippen LogP contribution < -0.4 is 15.4 Å². The van der Waals surface area contributed by atoms with E-state index in [4.69, 9.17) is 4.74 Å². The van der Waals surface area contributed by atoms with E-state index in [1.165, 1.54) is 4.90 Å². The zero-order valence-electron chi connectivity index (χ0n) is 16.6. The first-order valence-electron chi connectivity index (χ1n) is 9.81. The van der Waals surface area contributed by atoms with Gasteiger partial charge in [-0.3, -0.25) is 9.89 Å². The standard InChI is InChI=1S/C20H31F3N4O/c1-16(28-18-6-4-3-5-7-18)14-26-19(24-2)25-11-8-17-9-12-27(13-10-17)15-20(21,22)23/h3-7,16-17H,8-15H2,1-2H3,(H2,24,25,26). The average Bonchev–Trinajstić information content (AvgIpc) is 2.65. The summed E-state index contributed by atoms with van der Waals surface area (Å²) in [6.45, 7) is 3.60. The van der Waals surface area contributed by atoms with Gasteiger partial charge in [0.15, 0.2) is 5.96 Å². The molecule has 1 aromatic rings. The molecule has 0 amide bonds. The van der Waals surface area contributed by atoms with Gasteiger partial charge in [-0.05, 0) is 57.3 Å². The van der Waals surface area contributed by atoms with Crippen LogP contribution in [0.15, 0.2) is 35.3 Å². The Balaban J connectivity index is 1.60. The van der Waals surface area contributed by atoms with Crippen LogP contribution in [0.3, 0.4) is 0 Å². The monoisotopic (exact) mass is 400 g/mol. The third kappa shape index (κ3) is 8.82. The molecular weight excluding hydrogens is 369 g/mol. The van der Waals surface area contributed by atoms with E-state index in [1.807, 2.05) is 37.3 Å². The fraction of sp³-hybridized carbons (Fsp3) is 0.650. The lowest BCUT2D eigenvalue weighted by molar-refractivity contribution is -0.148. The van der Waals surface area contributed by atoms with E-state index in [1.54, 1.807) is 7.05 Å². The van der Waals surface area contributed by atoms with E-state index in [9.17, 15) is 13.2 Å².